The first kappa shape index (κ1) is 23.8. The van der Waals surface area contributed by atoms with Gasteiger partial charge in [0.1, 0.15) is 0 Å². The van der Waals surface area contributed by atoms with E-state index < -0.39 is 35.7 Å². The molecule has 2 unspecified atom stereocenters. The number of rotatable bonds is 2. The predicted octanol–water partition coefficient (Wildman–Crippen LogP) is -0.0914. The van der Waals surface area contributed by atoms with E-state index in [2.05, 4.69) is 9.47 Å². The lowest BCUT2D eigenvalue weighted by atomic mass is 9.79. The Kier molecular flexibility index (Phi) is 6.94. The highest BCUT2D eigenvalue weighted by Crippen LogP contribution is 2.47. The van der Waals surface area contributed by atoms with E-state index in [9.17, 15) is 28.8 Å². The molecule has 5 aliphatic heterocycles. The summed E-state index contributed by atoms with van der Waals surface area (Å²) in [5.74, 6) is -6.26. The van der Waals surface area contributed by atoms with E-state index in [-0.39, 0.29) is 48.2 Å². The summed E-state index contributed by atoms with van der Waals surface area (Å²) in [6, 6.07) is 0. The molecule has 0 aromatic rings. The molecule has 5 fully saturated rings. The van der Waals surface area contributed by atoms with E-state index in [1.165, 1.54) is 13.8 Å². The molecule has 12 heteroatoms. The van der Waals surface area contributed by atoms with Crippen molar-refractivity contribution in [3.8, 4) is 0 Å². The van der Waals surface area contributed by atoms with Crippen LogP contribution in [0.25, 0.3) is 0 Å². The average molecular weight is 456 g/mol. The van der Waals surface area contributed by atoms with Gasteiger partial charge in [0.25, 0.3) is 0 Å². The van der Waals surface area contributed by atoms with Crippen LogP contribution in [0, 0.1) is 23.7 Å². The number of cyclic esters (lactones) is 2. The summed E-state index contributed by atoms with van der Waals surface area (Å²) in [6.45, 7) is 2.36. The minimum absolute atomic E-state index is 0.0426. The number of carbonyl (C=O) groups excluding carboxylic acids is 4. The molecule has 32 heavy (non-hydrogen) atoms. The van der Waals surface area contributed by atoms with E-state index in [1.54, 1.807) is 0 Å². The molecule has 0 amide bonds. The molecule has 176 valence electrons. The highest BCUT2D eigenvalue weighted by atomic mass is 16.6. The van der Waals surface area contributed by atoms with Crippen LogP contribution in [0.5, 0.6) is 0 Å². The molecule has 0 saturated carbocycles. The van der Waals surface area contributed by atoms with E-state index >= 15 is 0 Å². The number of esters is 4. The van der Waals surface area contributed by atoms with Crippen molar-refractivity contribution in [2.24, 2.45) is 23.7 Å². The van der Waals surface area contributed by atoms with Gasteiger partial charge in [0, 0.05) is 13.8 Å². The van der Waals surface area contributed by atoms with Gasteiger partial charge in [0.15, 0.2) is 0 Å². The number of carboxylic acids is 2. The number of aliphatic carboxylic acids is 2. The second-order valence-electron chi connectivity index (χ2n) is 8.19. The van der Waals surface area contributed by atoms with Gasteiger partial charge < -0.3 is 29.2 Å². The van der Waals surface area contributed by atoms with Crippen molar-refractivity contribution in [2.45, 2.75) is 63.9 Å². The van der Waals surface area contributed by atoms with Gasteiger partial charge in [-0.2, -0.15) is 0 Å². The third-order valence-corrected chi connectivity index (χ3v) is 6.15. The van der Waals surface area contributed by atoms with Crippen LogP contribution < -0.4 is 0 Å². The second-order valence-corrected chi connectivity index (χ2v) is 8.19. The number of carboxylic acid groups (broad SMARTS) is 2. The van der Waals surface area contributed by atoms with E-state index in [0.717, 1.165) is 12.8 Å². The minimum atomic E-state index is -1.06. The Morgan fingerprint density at radius 3 is 1.38 bits per heavy atom. The number of fused-ring (bicyclic) bond motifs is 7. The molecule has 0 radical (unpaired) electrons. The van der Waals surface area contributed by atoms with Gasteiger partial charge in [-0.25, -0.2) is 0 Å². The van der Waals surface area contributed by atoms with Gasteiger partial charge in [0.2, 0.25) is 0 Å². The molecule has 0 aromatic carbocycles. The van der Waals surface area contributed by atoms with Crippen molar-refractivity contribution in [3.63, 3.8) is 0 Å². The van der Waals surface area contributed by atoms with Crippen molar-refractivity contribution in [1.29, 1.82) is 0 Å². The molecule has 5 saturated heterocycles. The zero-order valence-corrected chi connectivity index (χ0v) is 17.4. The summed E-state index contributed by atoms with van der Waals surface area (Å²) in [7, 11) is 0. The fraction of sp³-hybridized carbons (Fsp3) is 0.700. The standard InChI is InChI=1S/C8H10O5.C8H8O4.C4H6O3/c9-7(10)5-3-1-2-4(13-3)6(5)8(11)12;9-7-5-3-1-2-4(11-3)6(5)8(10)12-7;1-3(5)7-4(2)6/h3-6H,1-2H2,(H,9,10)(H,11,12);3-6H,1-2H2;1-2H3/t3-,4+,5-,6+;3-,4+,5?,6?;. The topological polar surface area (TPSA) is 180 Å². The maximum absolute atomic E-state index is 11.1. The quantitative estimate of drug-likeness (QED) is 0.417. The Hall–Kier alpha value is -2.86. The van der Waals surface area contributed by atoms with Crippen LogP contribution in [0.2, 0.25) is 0 Å². The minimum Gasteiger partial charge on any atom is -0.481 e. The summed E-state index contributed by atoms with van der Waals surface area (Å²) >= 11 is 0. The zero-order chi connectivity index (χ0) is 23.7. The molecule has 0 aliphatic carbocycles. The second kappa shape index (κ2) is 9.33. The van der Waals surface area contributed by atoms with E-state index in [1.807, 2.05) is 0 Å². The van der Waals surface area contributed by atoms with Crippen molar-refractivity contribution >= 4 is 35.8 Å². The lowest BCUT2D eigenvalue weighted by Gasteiger charge is -2.20. The molecule has 8 atom stereocenters. The lowest BCUT2D eigenvalue weighted by Crippen LogP contribution is -2.38. The average Bonchev–Trinajstić information content (AvgIpc) is 3.47. The summed E-state index contributed by atoms with van der Waals surface area (Å²) in [5.41, 5.74) is 0. The van der Waals surface area contributed by atoms with E-state index in [4.69, 9.17) is 19.7 Å². The van der Waals surface area contributed by atoms with Crippen molar-refractivity contribution in [3.05, 3.63) is 0 Å². The smallest absolute Gasteiger partial charge is 0.320 e. The van der Waals surface area contributed by atoms with Gasteiger partial charge >= 0.3 is 35.8 Å². The molecular formula is C20H24O12. The molecule has 5 aliphatic rings. The Labute approximate surface area is 182 Å². The maximum atomic E-state index is 11.1. The van der Waals surface area contributed by atoms with Crippen LogP contribution in [0.15, 0.2) is 0 Å². The van der Waals surface area contributed by atoms with Crippen LogP contribution >= 0.6 is 0 Å². The SMILES string of the molecule is CC(=O)OC(C)=O.O=C(O)[C@@H]1[C@H](C(=O)O)[C@H]2CC[C@@H]1O2.O=C1OC(=O)C2C1[C@@H]1CC[C@H]2O1. The first-order valence-electron chi connectivity index (χ1n) is 10.2. The van der Waals surface area contributed by atoms with Crippen LogP contribution in [-0.4, -0.2) is 70.4 Å². The Balaban J connectivity index is 0.000000143. The van der Waals surface area contributed by atoms with Crippen molar-refractivity contribution < 1.29 is 57.9 Å². The van der Waals surface area contributed by atoms with Crippen LogP contribution in [0.1, 0.15) is 39.5 Å². The maximum Gasteiger partial charge on any atom is 0.320 e. The fourth-order valence-corrected chi connectivity index (χ4v) is 5.02. The van der Waals surface area contributed by atoms with Crippen molar-refractivity contribution in [1.82, 2.24) is 0 Å². The summed E-state index contributed by atoms with van der Waals surface area (Å²) in [6.07, 6.45) is 2.28. The number of hydrogen-bond donors (Lipinski definition) is 2. The molecular weight excluding hydrogens is 432 g/mol. The first-order chi connectivity index (χ1) is 15.0. The Bertz CT molecular complexity index is 770. The van der Waals surface area contributed by atoms with Crippen molar-refractivity contribution in [2.75, 3.05) is 0 Å². The highest BCUT2D eigenvalue weighted by molar-refractivity contribution is 5.97. The molecule has 4 bridgehead atoms. The normalized spacial score (nSPS) is 37.4. The van der Waals surface area contributed by atoms with Crippen LogP contribution in [0.4, 0.5) is 0 Å². The van der Waals surface area contributed by atoms with Gasteiger partial charge in [-0.15, -0.1) is 0 Å². The third-order valence-electron chi connectivity index (χ3n) is 6.15. The molecule has 5 heterocycles. The zero-order valence-electron chi connectivity index (χ0n) is 17.4. The van der Waals surface area contributed by atoms with Gasteiger partial charge in [-0.1, -0.05) is 0 Å². The van der Waals surface area contributed by atoms with Gasteiger partial charge in [-0.05, 0) is 25.7 Å². The largest absolute Gasteiger partial charge is 0.481 e. The predicted molar refractivity (Wildman–Crippen MR) is 98.6 cm³/mol. The molecule has 12 nitrogen and oxygen atoms in total. The van der Waals surface area contributed by atoms with Gasteiger partial charge in [0.05, 0.1) is 48.1 Å². The van der Waals surface area contributed by atoms with Crippen LogP contribution in [-0.2, 0) is 47.7 Å². The molecule has 0 aromatic heterocycles. The number of ether oxygens (including phenoxy) is 4. The number of carbonyl (C=O) groups is 6. The Morgan fingerprint density at radius 1 is 0.719 bits per heavy atom. The molecule has 5 rings (SSSR count). The third kappa shape index (κ3) is 4.65. The van der Waals surface area contributed by atoms with Crippen LogP contribution in [0.3, 0.4) is 0 Å². The summed E-state index contributed by atoms with van der Waals surface area (Å²) in [4.78, 5) is 63.4. The number of hydrogen-bond acceptors (Lipinski definition) is 10. The van der Waals surface area contributed by atoms with Gasteiger partial charge in [-0.3, -0.25) is 28.8 Å². The lowest BCUT2D eigenvalue weighted by molar-refractivity contribution is -0.158. The summed E-state index contributed by atoms with van der Waals surface area (Å²) < 4.78 is 19.2. The Morgan fingerprint density at radius 2 is 1.06 bits per heavy atom. The van der Waals surface area contributed by atoms with E-state index in [0.29, 0.717) is 12.8 Å². The first-order valence-corrected chi connectivity index (χ1v) is 10.2. The molecule has 0 spiro atoms. The highest BCUT2D eigenvalue weighted by Gasteiger charge is 2.61. The fourth-order valence-electron chi connectivity index (χ4n) is 5.02. The monoisotopic (exact) mass is 456 g/mol. The molecule has 2 N–H and O–H groups in total. The summed E-state index contributed by atoms with van der Waals surface area (Å²) in [5, 5.41) is 17.6.